The molecule has 13 heteroatoms. The molecule has 2 aliphatic heterocycles. The van der Waals surface area contributed by atoms with Gasteiger partial charge in [-0.2, -0.15) is 0 Å². The van der Waals surface area contributed by atoms with Gasteiger partial charge in [0.2, 0.25) is 5.79 Å². The van der Waals surface area contributed by atoms with Gasteiger partial charge in [-0.25, -0.2) is 4.79 Å². The van der Waals surface area contributed by atoms with Crippen LogP contribution in [0.15, 0.2) is 0 Å². The Bertz CT molecular complexity index is 489. The van der Waals surface area contributed by atoms with Crippen molar-refractivity contribution in [2.24, 2.45) is 0 Å². The second-order valence-electron chi connectivity index (χ2n) is 5.95. The molecule has 0 amide bonds. The molecule has 0 spiro atoms. The number of hydrogen-bond donors (Lipinski definition) is 8. The summed E-state index contributed by atoms with van der Waals surface area (Å²) >= 11 is 0. The van der Waals surface area contributed by atoms with Crippen LogP contribution in [0.2, 0.25) is 0 Å². The van der Waals surface area contributed by atoms with Crippen LogP contribution in [0.3, 0.4) is 0 Å². The van der Waals surface area contributed by atoms with Crippen LogP contribution in [0.4, 0.5) is 4.79 Å². The van der Waals surface area contributed by atoms with Crippen molar-refractivity contribution in [3.8, 4) is 0 Å². The van der Waals surface area contributed by atoms with Crippen molar-refractivity contribution in [1.82, 2.24) is 0 Å². The van der Waals surface area contributed by atoms with Crippen molar-refractivity contribution in [3.63, 3.8) is 0 Å². The average molecular weight is 386 g/mol. The molecule has 0 aliphatic carbocycles. The van der Waals surface area contributed by atoms with Crippen LogP contribution in [-0.2, 0) is 18.9 Å². The van der Waals surface area contributed by atoms with E-state index in [1.165, 1.54) is 0 Å². The van der Waals surface area contributed by atoms with Gasteiger partial charge in [0, 0.05) is 0 Å². The van der Waals surface area contributed by atoms with Crippen molar-refractivity contribution >= 4 is 6.16 Å². The van der Waals surface area contributed by atoms with Crippen molar-refractivity contribution < 1.29 is 64.6 Å². The Morgan fingerprint density at radius 3 is 2.12 bits per heavy atom. The Hall–Kier alpha value is -1.13. The van der Waals surface area contributed by atoms with E-state index in [1.54, 1.807) is 0 Å². The zero-order valence-corrected chi connectivity index (χ0v) is 13.4. The Balaban J connectivity index is 2.16. The number of carbonyl (C=O) groups is 1. The number of aliphatic hydroxyl groups excluding tert-OH is 7. The zero-order chi connectivity index (χ0) is 19.6. The summed E-state index contributed by atoms with van der Waals surface area (Å²) in [6.07, 6.45) is -15.1. The largest absolute Gasteiger partial charge is 0.505 e. The first-order valence-corrected chi connectivity index (χ1v) is 7.65. The van der Waals surface area contributed by atoms with Gasteiger partial charge in [-0.05, 0) is 0 Å². The molecule has 9 atom stereocenters. The standard InChI is InChI=1S/C13H22O13/c14-1-4-7(17)10(20)13(3-15,25-4)26-11-9(19)8(18)6(16)5(24-11)2-23-12(21)22/h4-11,14-20H,1-3H2,(H,21,22)/t4-,5-,6-,7-,8+,9-,10+,11-,13+/m1/s1. The van der Waals surface area contributed by atoms with Crippen molar-refractivity contribution in [3.05, 3.63) is 0 Å². The third-order valence-electron chi connectivity index (χ3n) is 4.26. The monoisotopic (exact) mass is 386 g/mol. The summed E-state index contributed by atoms with van der Waals surface area (Å²) in [5, 5.41) is 76.7. The third-order valence-corrected chi connectivity index (χ3v) is 4.26. The second-order valence-corrected chi connectivity index (χ2v) is 5.95. The molecule has 2 saturated heterocycles. The van der Waals surface area contributed by atoms with Crippen molar-refractivity contribution in [2.45, 2.75) is 54.8 Å². The lowest BCUT2D eigenvalue weighted by Gasteiger charge is -2.43. The predicted molar refractivity (Wildman–Crippen MR) is 75.5 cm³/mol. The van der Waals surface area contributed by atoms with Crippen LogP contribution in [0.25, 0.3) is 0 Å². The Morgan fingerprint density at radius 1 is 0.962 bits per heavy atom. The Labute approximate surface area is 146 Å². The fourth-order valence-electron chi connectivity index (χ4n) is 2.77. The lowest BCUT2D eigenvalue weighted by atomic mass is 9.99. The topological polar surface area (TPSA) is 216 Å². The van der Waals surface area contributed by atoms with Gasteiger partial charge in [0.1, 0.15) is 55.9 Å². The van der Waals surface area contributed by atoms with E-state index in [0.717, 1.165) is 0 Å². The Kier molecular flexibility index (Phi) is 6.73. The predicted octanol–water partition coefficient (Wildman–Crippen LogP) is -4.69. The SMILES string of the molecule is O=C(O)OC[C@H]1O[C@H](O[C@]2(CO)O[C@H](CO)[C@@H](O)[C@@H]2O)[C@H](O)[C@@H](O)[C@@H]1O. The molecule has 2 fully saturated rings. The highest BCUT2D eigenvalue weighted by Crippen LogP contribution is 2.35. The molecule has 0 bridgehead atoms. The van der Waals surface area contributed by atoms with Gasteiger partial charge in [0.15, 0.2) is 6.29 Å². The van der Waals surface area contributed by atoms with Crippen LogP contribution in [0, 0.1) is 0 Å². The molecule has 0 aromatic carbocycles. The summed E-state index contributed by atoms with van der Waals surface area (Å²) in [7, 11) is 0. The minimum atomic E-state index is -2.31. The quantitative estimate of drug-likeness (QED) is 0.202. The number of carboxylic acid groups (broad SMARTS) is 1. The lowest BCUT2D eigenvalue weighted by molar-refractivity contribution is -0.383. The van der Waals surface area contributed by atoms with Crippen LogP contribution in [0.5, 0.6) is 0 Å². The summed E-state index contributed by atoms with van der Waals surface area (Å²) < 4.78 is 19.8. The van der Waals surface area contributed by atoms with E-state index >= 15 is 0 Å². The lowest BCUT2D eigenvalue weighted by Crippen LogP contribution is -2.62. The maximum atomic E-state index is 10.5. The first kappa shape index (κ1) is 21.2. The summed E-state index contributed by atoms with van der Waals surface area (Å²) in [4.78, 5) is 10.5. The van der Waals surface area contributed by atoms with E-state index in [0.29, 0.717) is 0 Å². The highest BCUT2D eigenvalue weighted by Gasteiger charge is 2.58. The van der Waals surface area contributed by atoms with E-state index in [-0.39, 0.29) is 0 Å². The van der Waals surface area contributed by atoms with E-state index in [1.807, 2.05) is 0 Å². The fourth-order valence-corrected chi connectivity index (χ4v) is 2.77. The van der Waals surface area contributed by atoms with E-state index in [9.17, 15) is 35.4 Å². The number of hydrogen-bond acceptors (Lipinski definition) is 12. The summed E-state index contributed by atoms with van der Waals surface area (Å²) in [6, 6.07) is 0. The molecule has 0 aromatic rings. The smallest absolute Gasteiger partial charge is 0.450 e. The normalized spacial score (nSPS) is 46.3. The van der Waals surface area contributed by atoms with Gasteiger partial charge in [-0.15, -0.1) is 0 Å². The molecule has 0 aromatic heterocycles. The van der Waals surface area contributed by atoms with Crippen molar-refractivity contribution in [1.29, 1.82) is 0 Å². The molecule has 2 aliphatic rings. The van der Waals surface area contributed by atoms with E-state index in [2.05, 4.69) is 4.74 Å². The number of rotatable bonds is 6. The number of ether oxygens (including phenoxy) is 4. The molecule has 0 saturated carbocycles. The highest BCUT2D eigenvalue weighted by molar-refractivity contribution is 5.56. The minimum absolute atomic E-state index is 0.711. The van der Waals surface area contributed by atoms with E-state index < -0.39 is 80.8 Å². The van der Waals surface area contributed by atoms with Gasteiger partial charge >= 0.3 is 6.16 Å². The van der Waals surface area contributed by atoms with Crippen LogP contribution < -0.4 is 0 Å². The van der Waals surface area contributed by atoms with Crippen LogP contribution in [0.1, 0.15) is 0 Å². The molecule has 26 heavy (non-hydrogen) atoms. The average Bonchev–Trinajstić information content (AvgIpc) is 2.86. The summed E-state index contributed by atoms with van der Waals surface area (Å²) in [6.45, 7) is -2.45. The van der Waals surface area contributed by atoms with Crippen LogP contribution >= 0.6 is 0 Å². The first-order chi connectivity index (χ1) is 12.2. The molecule has 152 valence electrons. The molecule has 8 N–H and O–H groups in total. The molecular formula is C13H22O13. The molecular weight excluding hydrogens is 364 g/mol. The zero-order valence-electron chi connectivity index (χ0n) is 13.4. The van der Waals surface area contributed by atoms with Crippen LogP contribution in [-0.4, -0.2) is 122 Å². The molecule has 2 heterocycles. The van der Waals surface area contributed by atoms with Gasteiger partial charge in [-0.1, -0.05) is 0 Å². The second kappa shape index (κ2) is 8.26. The number of aliphatic hydroxyl groups is 7. The summed E-state index contributed by atoms with van der Waals surface area (Å²) in [5.41, 5.74) is 0. The maximum Gasteiger partial charge on any atom is 0.505 e. The van der Waals surface area contributed by atoms with Crippen molar-refractivity contribution in [2.75, 3.05) is 19.8 Å². The highest BCUT2D eigenvalue weighted by atomic mass is 16.8. The third kappa shape index (κ3) is 3.91. The molecule has 13 nitrogen and oxygen atoms in total. The van der Waals surface area contributed by atoms with Gasteiger partial charge < -0.3 is 59.8 Å². The maximum absolute atomic E-state index is 10.5. The molecule has 0 unspecified atom stereocenters. The van der Waals surface area contributed by atoms with Gasteiger partial charge in [0.05, 0.1) is 6.61 Å². The summed E-state index contributed by atoms with van der Waals surface area (Å²) in [5.74, 6) is -2.31. The van der Waals surface area contributed by atoms with Gasteiger partial charge in [-0.3, -0.25) is 0 Å². The fraction of sp³-hybridized carbons (Fsp3) is 0.923. The van der Waals surface area contributed by atoms with E-state index in [4.69, 9.17) is 24.4 Å². The van der Waals surface area contributed by atoms with Gasteiger partial charge in [0.25, 0.3) is 0 Å². The first-order valence-electron chi connectivity index (χ1n) is 7.65. The molecule has 2 rings (SSSR count). The Morgan fingerprint density at radius 2 is 1.62 bits per heavy atom. The minimum Gasteiger partial charge on any atom is -0.450 e. The molecule has 0 radical (unpaired) electrons.